The monoisotopic (exact) mass is 360 g/mol. The maximum atomic E-state index is 13.8. The van der Waals surface area contributed by atoms with Crippen molar-refractivity contribution in [2.75, 3.05) is 38.6 Å². The molecule has 1 aliphatic heterocycles. The number of thiocarbonyl (C=S) groups is 1. The summed E-state index contributed by atoms with van der Waals surface area (Å²) in [6.07, 6.45) is 0. The molecule has 1 aliphatic rings. The van der Waals surface area contributed by atoms with Crippen molar-refractivity contribution in [1.82, 2.24) is 4.90 Å². The molecule has 0 spiro atoms. The Bertz CT molecular complexity index is 732. The summed E-state index contributed by atoms with van der Waals surface area (Å²) in [5, 5.41) is 3.99. The second kappa shape index (κ2) is 8.27. The molecule has 0 radical (unpaired) electrons. The first-order valence-electron chi connectivity index (χ1n) is 8.42. The number of anilines is 1. The fraction of sp³-hybridized carbons (Fsp3) is 0.316. The molecule has 2 N–H and O–H groups in total. The summed E-state index contributed by atoms with van der Waals surface area (Å²) >= 11 is 5.53. The number of halogens is 1. The van der Waals surface area contributed by atoms with Crippen molar-refractivity contribution in [3.05, 3.63) is 59.9 Å². The normalized spacial score (nSPS) is 15.0. The van der Waals surface area contributed by atoms with Crippen LogP contribution in [0.4, 0.5) is 10.1 Å². The molecular formula is C19H23FN3OS+. The van der Waals surface area contributed by atoms with Crippen molar-refractivity contribution in [1.29, 1.82) is 0 Å². The van der Waals surface area contributed by atoms with E-state index in [0.717, 1.165) is 54.8 Å². The molecule has 6 heteroatoms. The van der Waals surface area contributed by atoms with E-state index in [2.05, 4.69) is 10.2 Å². The van der Waals surface area contributed by atoms with Crippen LogP contribution >= 0.6 is 12.2 Å². The average molecular weight is 360 g/mol. The Morgan fingerprint density at radius 2 is 1.96 bits per heavy atom. The minimum atomic E-state index is -0.118. The van der Waals surface area contributed by atoms with E-state index in [1.165, 1.54) is 11.0 Å². The lowest BCUT2D eigenvalue weighted by Crippen LogP contribution is -3.13. The summed E-state index contributed by atoms with van der Waals surface area (Å²) in [5.41, 5.74) is 1.70. The van der Waals surface area contributed by atoms with Crippen LogP contribution in [-0.2, 0) is 6.54 Å². The van der Waals surface area contributed by atoms with Crippen LogP contribution in [0.3, 0.4) is 0 Å². The van der Waals surface area contributed by atoms with Crippen LogP contribution in [-0.4, -0.2) is 43.3 Å². The van der Waals surface area contributed by atoms with Crippen molar-refractivity contribution >= 4 is 23.0 Å². The van der Waals surface area contributed by atoms with Gasteiger partial charge in [0.25, 0.3) is 0 Å². The number of hydrogen-bond donors (Lipinski definition) is 2. The maximum Gasteiger partial charge on any atom is 0.173 e. The molecule has 0 unspecified atom stereocenters. The number of nitrogens with zero attached hydrogens (tertiary/aromatic N) is 1. The van der Waals surface area contributed by atoms with E-state index in [1.807, 2.05) is 36.4 Å². The third-order valence-corrected chi connectivity index (χ3v) is 4.84. The Morgan fingerprint density at radius 3 is 2.68 bits per heavy atom. The van der Waals surface area contributed by atoms with E-state index in [1.54, 1.807) is 13.2 Å². The fourth-order valence-electron chi connectivity index (χ4n) is 3.02. The highest BCUT2D eigenvalue weighted by molar-refractivity contribution is 7.80. The number of quaternary nitrogens is 1. The first kappa shape index (κ1) is 17.6. The largest absolute Gasteiger partial charge is 0.497 e. The second-order valence-electron chi connectivity index (χ2n) is 6.17. The van der Waals surface area contributed by atoms with Crippen LogP contribution in [0.5, 0.6) is 5.75 Å². The lowest BCUT2D eigenvalue weighted by atomic mass is 10.2. The van der Waals surface area contributed by atoms with Gasteiger partial charge >= 0.3 is 0 Å². The number of methoxy groups -OCH3 is 1. The Morgan fingerprint density at radius 1 is 1.20 bits per heavy atom. The lowest BCUT2D eigenvalue weighted by Gasteiger charge is -2.34. The van der Waals surface area contributed by atoms with Gasteiger partial charge in [-0.1, -0.05) is 24.3 Å². The number of ether oxygens (including phenoxy) is 1. The quantitative estimate of drug-likeness (QED) is 0.816. The van der Waals surface area contributed by atoms with Crippen LogP contribution in [0, 0.1) is 5.82 Å². The van der Waals surface area contributed by atoms with Gasteiger partial charge in [0.2, 0.25) is 0 Å². The smallest absolute Gasteiger partial charge is 0.173 e. The van der Waals surface area contributed by atoms with Gasteiger partial charge in [-0.2, -0.15) is 0 Å². The standard InChI is InChI=1S/C19H22FN3OS/c1-24-17-7-4-6-16(13-17)21-19(25)23-11-9-22(10-12-23)14-15-5-2-3-8-18(15)20/h2-8,13H,9-12,14H2,1H3,(H,21,25)/p+1. The van der Waals surface area contributed by atoms with Gasteiger partial charge in [0.15, 0.2) is 5.11 Å². The van der Waals surface area contributed by atoms with Gasteiger partial charge in [0.05, 0.1) is 33.3 Å². The minimum absolute atomic E-state index is 0.118. The molecule has 2 aromatic carbocycles. The van der Waals surface area contributed by atoms with Gasteiger partial charge in [-0.25, -0.2) is 4.39 Å². The van der Waals surface area contributed by atoms with Gasteiger partial charge < -0.3 is 19.9 Å². The van der Waals surface area contributed by atoms with Crippen molar-refractivity contribution in [3.8, 4) is 5.75 Å². The highest BCUT2D eigenvalue weighted by atomic mass is 32.1. The number of rotatable bonds is 4. The SMILES string of the molecule is COc1cccc(NC(=S)N2CC[NH+](Cc3ccccc3F)CC2)c1. The molecule has 1 heterocycles. The minimum Gasteiger partial charge on any atom is -0.497 e. The molecule has 0 saturated carbocycles. The highest BCUT2D eigenvalue weighted by Crippen LogP contribution is 2.17. The Hall–Kier alpha value is -2.18. The molecule has 0 atom stereocenters. The summed E-state index contributed by atoms with van der Waals surface area (Å²) in [6, 6.07) is 14.7. The lowest BCUT2D eigenvalue weighted by molar-refractivity contribution is -0.917. The molecule has 2 aromatic rings. The van der Waals surface area contributed by atoms with Gasteiger partial charge in [-0.15, -0.1) is 0 Å². The third kappa shape index (κ3) is 4.67. The van der Waals surface area contributed by atoms with Crippen LogP contribution in [0.1, 0.15) is 5.56 Å². The van der Waals surface area contributed by atoms with E-state index < -0.39 is 0 Å². The van der Waals surface area contributed by atoms with E-state index in [0.29, 0.717) is 0 Å². The summed E-state index contributed by atoms with van der Waals surface area (Å²) in [7, 11) is 1.65. The summed E-state index contributed by atoms with van der Waals surface area (Å²) in [5.74, 6) is 0.680. The van der Waals surface area contributed by atoms with Crippen molar-refractivity contribution in [2.45, 2.75) is 6.54 Å². The number of benzene rings is 2. The first-order valence-corrected chi connectivity index (χ1v) is 8.83. The molecule has 0 aromatic heterocycles. The van der Waals surface area contributed by atoms with Gasteiger partial charge in [-0.05, 0) is 30.4 Å². The predicted octanol–water partition coefficient (Wildman–Crippen LogP) is 1.93. The molecule has 1 fully saturated rings. The molecule has 25 heavy (non-hydrogen) atoms. The highest BCUT2D eigenvalue weighted by Gasteiger charge is 2.22. The number of piperazine rings is 1. The van der Waals surface area contributed by atoms with Crippen molar-refractivity contribution < 1.29 is 14.0 Å². The molecule has 0 bridgehead atoms. The van der Waals surface area contributed by atoms with Gasteiger partial charge in [0.1, 0.15) is 18.1 Å². The molecule has 132 valence electrons. The van der Waals surface area contributed by atoms with E-state index in [9.17, 15) is 4.39 Å². The van der Waals surface area contributed by atoms with Crippen molar-refractivity contribution in [2.24, 2.45) is 0 Å². The molecule has 0 aliphatic carbocycles. The Labute approximate surface area is 153 Å². The third-order valence-electron chi connectivity index (χ3n) is 4.48. The molecule has 1 saturated heterocycles. The Balaban J connectivity index is 1.51. The zero-order chi connectivity index (χ0) is 17.6. The molecule has 4 nitrogen and oxygen atoms in total. The van der Waals surface area contributed by atoms with E-state index in [-0.39, 0.29) is 5.82 Å². The van der Waals surface area contributed by atoms with Crippen molar-refractivity contribution in [3.63, 3.8) is 0 Å². The molecular weight excluding hydrogens is 337 g/mol. The predicted molar refractivity (Wildman–Crippen MR) is 102 cm³/mol. The first-order chi connectivity index (χ1) is 12.2. The average Bonchev–Trinajstić information content (AvgIpc) is 2.64. The molecule has 0 amide bonds. The molecule has 3 rings (SSSR count). The maximum absolute atomic E-state index is 13.8. The van der Waals surface area contributed by atoms with E-state index >= 15 is 0 Å². The van der Waals surface area contributed by atoms with Crippen LogP contribution < -0.4 is 15.0 Å². The van der Waals surface area contributed by atoms with Gasteiger partial charge in [0, 0.05) is 17.3 Å². The van der Waals surface area contributed by atoms with Gasteiger partial charge in [-0.3, -0.25) is 0 Å². The fourth-order valence-corrected chi connectivity index (χ4v) is 3.32. The van der Waals surface area contributed by atoms with Crippen LogP contribution in [0.25, 0.3) is 0 Å². The topological polar surface area (TPSA) is 28.9 Å². The van der Waals surface area contributed by atoms with E-state index in [4.69, 9.17) is 17.0 Å². The number of nitrogens with one attached hydrogen (secondary N) is 2. The summed E-state index contributed by atoms with van der Waals surface area (Å²) in [6.45, 7) is 4.32. The second-order valence-corrected chi connectivity index (χ2v) is 6.55. The summed E-state index contributed by atoms with van der Waals surface area (Å²) in [4.78, 5) is 3.55. The zero-order valence-electron chi connectivity index (χ0n) is 14.3. The Kier molecular flexibility index (Phi) is 5.83. The van der Waals surface area contributed by atoms with Crippen LogP contribution in [0.2, 0.25) is 0 Å². The summed E-state index contributed by atoms with van der Waals surface area (Å²) < 4.78 is 19.0. The zero-order valence-corrected chi connectivity index (χ0v) is 15.1. The number of hydrogen-bond acceptors (Lipinski definition) is 2. The van der Waals surface area contributed by atoms with Crippen LogP contribution in [0.15, 0.2) is 48.5 Å².